The van der Waals surface area contributed by atoms with Gasteiger partial charge >= 0.3 is 0 Å². The number of nitro groups is 2. The SMILES string of the molecule is CN(C)c1ccc([C@H]2N[C@@H](c3ccc(N(C)C)cc3)[C@@H]([N+](=O)[O-])C(C)(C)[C@H]2[N+](=O)[O-])cc1. The average molecular weight is 442 g/mol. The van der Waals surface area contributed by atoms with Crippen LogP contribution in [0.2, 0.25) is 0 Å². The molecule has 0 saturated carbocycles. The Morgan fingerprint density at radius 3 is 1.28 bits per heavy atom. The van der Waals surface area contributed by atoms with E-state index in [1.54, 1.807) is 13.8 Å². The Balaban J connectivity index is 2.10. The molecule has 1 heterocycles. The summed E-state index contributed by atoms with van der Waals surface area (Å²) in [4.78, 5) is 27.5. The Morgan fingerprint density at radius 2 is 1.03 bits per heavy atom. The molecule has 1 fully saturated rings. The highest BCUT2D eigenvalue weighted by Gasteiger charge is 2.62. The van der Waals surface area contributed by atoms with Crippen LogP contribution >= 0.6 is 0 Å². The van der Waals surface area contributed by atoms with E-state index in [1.807, 2.05) is 86.5 Å². The molecule has 172 valence electrons. The summed E-state index contributed by atoms with van der Waals surface area (Å²) >= 11 is 0. The topological polar surface area (TPSA) is 105 Å². The third-order valence-electron chi connectivity index (χ3n) is 6.51. The second-order valence-electron chi connectivity index (χ2n) is 9.38. The first kappa shape index (κ1) is 23.5. The van der Waals surface area contributed by atoms with E-state index < -0.39 is 29.6 Å². The highest BCUT2D eigenvalue weighted by Crippen LogP contribution is 2.47. The molecule has 32 heavy (non-hydrogen) atoms. The fraction of sp³-hybridized carbons (Fsp3) is 0.478. The molecular weight excluding hydrogens is 410 g/mol. The standard InChI is InChI=1S/C23H31N5O4/c1-23(2)21(27(29)30)19(15-7-11-17(12-8-15)25(3)4)24-20(22(23)28(31)32)16-9-13-18(14-10-16)26(5)6/h7-14,19-22,24H,1-6H3/t19-,20+,21+,22-. The lowest BCUT2D eigenvalue weighted by molar-refractivity contribution is -0.605. The molecular formula is C23H31N5O4. The molecule has 1 saturated heterocycles. The van der Waals surface area contributed by atoms with Crippen molar-refractivity contribution in [2.24, 2.45) is 5.41 Å². The van der Waals surface area contributed by atoms with Crippen LogP contribution in [-0.4, -0.2) is 50.1 Å². The van der Waals surface area contributed by atoms with Gasteiger partial charge in [0.15, 0.2) is 0 Å². The molecule has 0 aromatic heterocycles. The summed E-state index contributed by atoms with van der Waals surface area (Å²) in [5.74, 6) is 0. The van der Waals surface area contributed by atoms with Crippen LogP contribution in [0.25, 0.3) is 0 Å². The van der Waals surface area contributed by atoms with Gasteiger partial charge in [0.25, 0.3) is 0 Å². The number of hydrogen-bond acceptors (Lipinski definition) is 7. The second kappa shape index (κ2) is 8.74. The van der Waals surface area contributed by atoms with Crippen LogP contribution in [0, 0.1) is 25.6 Å². The van der Waals surface area contributed by atoms with Gasteiger partial charge in [-0.25, -0.2) is 0 Å². The van der Waals surface area contributed by atoms with Gasteiger partial charge in [-0.15, -0.1) is 0 Å². The third-order valence-corrected chi connectivity index (χ3v) is 6.51. The van der Waals surface area contributed by atoms with Crippen molar-refractivity contribution < 1.29 is 9.85 Å². The van der Waals surface area contributed by atoms with Gasteiger partial charge in [0, 0.05) is 49.4 Å². The van der Waals surface area contributed by atoms with Crippen LogP contribution in [0.15, 0.2) is 48.5 Å². The fourth-order valence-corrected chi connectivity index (χ4v) is 4.71. The van der Waals surface area contributed by atoms with Gasteiger partial charge in [0.2, 0.25) is 12.1 Å². The maximum Gasteiger partial charge on any atom is 0.243 e. The van der Waals surface area contributed by atoms with Gasteiger partial charge in [-0.05, 0) is 49.2 Å². The summed E-state index contributed by atoms with van der Waals surface area (Å²) in [6.45, 7) is 3.27. The first-order chi connectivity index (χ1) is 14.9. The molecule has 9 heteroatoms. The quantitative estimate of drug-likeness (QED) is 0.540. The van der Waals surface area contributed by atoms with Crippen LogP contribution < -0.4 is 15.1 Å². The van der Waals surface area contributed by atoms with Crippen molar-refractivity contribution in [3.63, 3.8) is 0 Å². The minimum Gasteiger partial charge on any atom is -0.378 e. The molecule has 2 aromatic carbocycles. The van der Waals surface area contributed by atoms with Gasteiger partial charge in [-0.2, -0.15) is 0 Å². The Hall–Kier alpha value is -3.20. The molecule has 2 aromatic rings. The second-order valence-corrected chi connectivity index (χ2v) is 9.38. The predicted molar refractivity (Wildman–Crippen MR) is 126 cm³/mol. The number of hydrogen-bond donors (Lipinski definition) is 1. The monoisotopic (exact) mass is 441 g/mol. The van der Waals surface area contributed by atoms with Crippen LogP contribution in [0.1, 0.15) is 37.1 Å². The van der Waals surface area contributed by atoms with E-state index in [1.165, 1.54) is 0 Å². The molecule has 0 bridgehead atoms. The number of nitrogens with zero attached hydrogens (tertiary/aromatic N) is 4. The molecule has 1 aliphatic rings. The van der Waals surface area contributed by atoms with Crippen molar-refractivity contribution in [1.29, 1.82) is 0 Å². The first-order valence-corrected chi connectivity index (χ1v) is 10.5. The largest absolute Gasteiger partial charge is 0.378 e. The van der Waals surface area contributed by atoms with E-state index in [0.29, 0.717) is 0 Å². The smallest absolute Gasteiger partial charge is 0.243 e. The third kappa shape index (κ3) is 4.25. The zero-order valence-corrected chi connectivity index (χ0v) is 19.4. The molecule has 1 aliphatic heterocycles. The number of benzene rings is 2. The molecule has 4 atom stereocenters. The molecule has 1 N–H and O–H groups in total. The molecule has 9 nitrogen and oxygen atoms in total. The number of anilines is 2. The Morgan fingerprint density at radius 1 is 0.719 bits per heavy atom. The van der Waals surface area contributed by atoms with E-state index in [2.05, 4.69) is 5.32 Å². The maximum atomic E-state index is 12.2. The fourth-order valence-electron chi connectivity index (χ4n) is 4.71. The van der Waals surface area contributed by atoms with Crippen molar-refractivity contribution in [3.8, 4) is 0 Å². The summed E-state index contributed by atoms with van der Waals surface area (Å²) in [7, 11) is 7.69. The summed E-state index contributed by atoms with van der Waals surface area (Å²) < 4.78 is 0. The van der Waals surface area contributed by atoms with Crippen molar-refractivity contribution in [2.75, 3.05) is 38.0 Å². The van der Waals surface area contributed by atoms with E-state index in [0.717, 1.165) is 22.5 Å². The summed E-state index contributed by atoms with van der Waals surface area (Å²) in [5, 5.41) is 27.7. The molecule has 0 unspecified atom stereocenters. The normalized spacial score (nSPS) is 24.6. The minimum atomic E-state index is -1.20. The summed E-state index contributed by atoms with van der Waals surface area (Å²) in [6.07, 6.45) is 0. The van der Waals surface area contributed by atoms with Gasteiger partial charge in [-0.1, -0.05) is 24.3 Å². The number of piperidine rings is 1. The molecule has 0 amide bonds. The highest BCUT2D eigenvalue weighted by molar-refractivity contribution is 5.48. The van der Waals surface area contributed by atoms with Crippen molar-refractivity contribution in [3.05, 3.63) is 79.9 Å². The van der Waals surface area contributed by atoms with Gasteiger partial charge in [-0.3, -0.25) is 25.5 Å². The van der Waals surface area contributed by atoms with Crippen molar-refractivity contribution in [2.45, 2.75) is 38.0 Å². The Labute approximate surface area is 188 Å². The minimum absolute atomic E-state index is 0.376. The number of rotatable bonds is 6. The van der Waals surface area contributed by atoms with Crippen LogP contribution in [-0.2, 0) is 0 Å². The van der Waals surface area contributed by atoms with Gasteiger partial charge in [0.1, 0.15) is 17.5 Å². The zero-order valence-electron chi connectivity index (χ0n) is 19.4. The molecule has 0 spiro atoms. The number of nitrogens with one attached hydrogen (secondary N) is 1. The lowest BCUT2D eigenvalue weighted by Gasteiger charge is -2.44. The van der Waals surface area contributed by atoms with E-state index >= 15 is 0 Å². The van der Waals surface area contributed by atoms with E-state index in [4.69, 9.17) is 0 Å². The predicted octanol–water partition coefficient (Wildman–Crippen LogP) is 3.52. The molecule has 0 radical (unpaired) electrons. The highest BCUT2D eigenvalue weighted by atomic mass is 16.6. The van der Waals surface area contributed by atoms with Gasteiger partial charge < -0.3 is 9.80 Å². The van der Waals surface area contributed by atoms with Crippen LogP contribution in [0.5, 0.6) is 0 Å². The van der Waals surface area contributed by atoms with Crippen LogP contribution in [0.3, 0.4) is 0 Å². The van der Waals surface area contributed by atoms with E-state index in [9.17, 15) is 20.2 Å². The van der Waals surface area contributed by atoms with Gasteiger partial charge in [0.05, 0.1) is 0 Å². The molecule has 3 rings (SSSR count). The lowest BCUT2D eigenvalue weighted by atomic mass is 9.66. The van der Waals surface area contributed by atoms with E-state index in [-0.39, 0.29) is 9.85 Å². The molecule has 0 aliphatic carbocycles. The summed E-state index contributed by atoms with van der Waals surface area (Å²) in [5.41, 5.74) is 2.22. The van der Waals surface area contributed by atoms with Crippen molar-refractivity contribution in [1.82, 2.24) is 5.32 Å². The average Bonchev–Trinajstić information content (AvgIpc) is 2.71. The summed E-state index contributed by atoms with van der Waals surface area (Å²) in [6, 6.07) is 11.4. The van der Waals surface area contributed by atoms with Crippen molar-refractivity contribution >= 4 is 11.4 Å². The Kier molecular flexibility index (Phi) is 6.41. The first-order valence-electron chi connectivity index (χ1n) is 10.5. The Bertz CT molecular complexity index is 895. The lowest BCUT2D eigenvalue weighted by Crippen LogP contribution is -2.63. The zero-order chi connectivity index (χ0) is 23.8. The maximum absolute atomic E-state index is 12.2. The van der Waals surface area contributed by atoms with Crippen LogP contribution in [0.4, 0.5) is 11.4 Å².